The summed E-state index contributed by atoms with van der Waals surface area (Å²) >= 11 is 1.75. The average molecular weight is 391 g/mol. The van der Waals surface area contributed by atoms with E-state index in [9.17, 15) is 4.79 Å². The van der Waals surface area contributed by atoms with Crippen molar-refractivity contribution in [2.24, 2.45) is 0 Å². The number of fused-ring (bicyclic) bond motifs is 6. The van der Waals surface area contributed by atoms with Crippen molar-refractivity contribution >= 4 is 53.2 Å². The van der Waals surface area contributed by atoms with E-state index >= 15 is 0 Å². The molecule has 0 fully saturated rings. The molecule has 4 aromatic carbocycles. The van der Waals surface area contributed by atoms with Gasteiger partial charge in [0.15, 0.2) is 0 Å². The third-order valence-electron chi connectivity index (χ3n) is 5.67. The van der Waals surface area contributed by atoms with Gasteiger partial charge in [-0.2, -0.15) is 0 Å². The van der Waals surface area contributed by atoms with E-state index in [1.807, 2.05) is 47.0 Å². The Morgan fingerprint density at radius 1 is 0.690 bits per heavy atom. The quantitative estimate of drug-likeness (QED) is 0.282. The van der Waals surface area contributed by atoms with Crippen LogP contribution < -0.4 is 5.56 Å². The van der Waals surface area contributed by atoms with Gasteiger partial charge in [-0.15, -0.1) is 11.3 Å². The maximum Gasteiger partial charge on any atom is 0.263 e. The third-order valence-corrected chi connectivity index (χ3v) is 6.88. The first-order chi connectivity index (χ1) is 14.2. The fourth-order valence-corrected chi connectivity index (χ4v) is 5.53. The van der Waals surface area contributed by atoms with E-state index in [1.165, 1.54) is 21.0 Å². The molecule has 2 nitrogen and oxygen atoms in total. The number of aryl methyl sites for hydroxylation is 1. The smallest absolute Gasteiger partial charge is 0.263 e. The molecule has 0 saturated carbocycles. The second-order valence-corrected chi connectivity index (χ2v) is 8.51. The number of hydrogen-bond donors (Lipinski definition) is 0. The maximum absolute atomic E-state index is 13.6. The number of aromatic nitrogens is 1. The summed E-state index contributed by atoms with van der Waals surface area (Å²) in [5, 5.41) is 5.31. The number of benzene rings is 4. The van der Waals surface area contributed by atoms with Crippen molar-refractivity contribution in [2.75, 3.05) is 0 Å². The molecule has 0 amide bonds. The van der Waals surface area contributed by atoms with E-state index in [1.54, 1.807) is 11.3 Å². The second-order valence-electron chi connectivity index (χ2n) is 7.46. The second kappa shape index (κ2) is 6.03. The fourth-order valence-electron chi connectivity index (χ4n) is 4.34. The van der Waals surface area contributed by atoms with Crippen LogP contribution in [0.25, 0.3) is 47.5 Å². The highest BCUT2D eigenvalue weighted by Gasteiger charge is 2.16. The molecule has 0 radical (unpaired) electrons. The van der Waals surface area contributed by atoms with Crippen LogP contribution in [0.4, 0.5) is 0 Å². The van der Waals surface area contributed by atoms with Gasteiger partial charge in [0.1, 0.15) is 0 Å². The van der Waals surface area contributed by atoms with Gasteiger partial charge in [0.2, 0.25) is 0 Å². The lowest BCUT2D eigenvalue weighted by molar-refractivity contribution is 1.08. The molecular weight excluding hydrogens is 374 g/mol. The van der Waals surface area contributed by atoms with Gasteiger partial charge in [0.25, 0.3) is 5.56 Å². The molecule has 3 heteroatoms. The molecule has 6 aromatic rings. The van der Waals surface area contributed by atoms with E-state index < -0.39 is 0 Å². The highest BCUT2D eigenvalue weighted by atomic mass is 32.1. The topological polar surface area (TPSA) is 22.0 Å². The van der Waals surface area contributed by atoms with Crippen molar-refractivity contribution in [3.8, 4) is 5.69 Å². The molecule has 29 heavy (non-hydrogen) atoms. The minimum Gasteiger partial charge on any atom is -0.275 e. The minimum absolute atomic E-state index is 0.0282. The molecule has 0 aliphatic carbocycles. The summed E-state index contributed by atoms with van der Waals surface area (Å²) in [7, 11) is 0. The van der Waals surface area contributed by atoms with Crippen LogP contribution in [0.15, 0.2) is 89.7 Å². The molecule has 0 N–H and O–H groups in total. The molecule has 0 saturated heterocycles. The zero-order valence-corrected chi connectivity index (χ0v) is 16.7. The lowest BCUT2D eigenvalue weighted by Gasteiger charge is -2.14. The molecule has 0 spiro atoms. The molecular formula is C26H17NOS. The van der Waals surface area contributed by atoms with Crippen molar-refractivity contribution in [2.45, 2.75) is 6.92 Å². The summed E-state index contributed by atoms with van der Waals surface area (Å²) in [6, 6.07) is 28.9. The highest BCUT2D eigenvalue weighted by Crippen LogP contribution is 2.38. The van der Waals surface area contributed by atoms with Gasteiger partial charge in [-0.1, -0.05) is 60.2 Å². The Labute approximate surface area is 171 Å². The van der Waals surface area contributed by atoms with Gasteiger partial charge in [-0.3, -0.25) is 9.36 Å². The van der Waals surface area contributed by atoms with Crippen molar-refractivity contribution in [3.63, 3.8) is 0 Å². The van der Waals surface area contributed by atoms with Crippen molar-refractivity contribution in [1.82, 2.24) is 4.57 Å². The zero-order valence-electron chi connectivity index (χ0n) is 15.8. The first-order valence-electron chi connectivity index (χ1n) is 9.67. The molecule has 0 bridgehead atoms. The van der Waals surface area contributed by atoms with Crippen LogP contribution in [-0.4, -0.2) is 4.57 Å². The van der Waals surface area contributed by atoms with E-state index in [-0.39, 0.29) is 5.56 Å². The minimum atomic E-state index is 0.0282. The molecule has 2 heterocycles. The van der Waals surface area contributed by atoms with E-state index in [4.69, 9.17) is 0 Å². The lowest BCUT2D eigenvalue weighted by Crippen LogP contribution is -2.19. The first-order valence-corrected chi connectivity index (χ1v) is 10.5. The van der Waals surface area contributed by atoms with E-state index in [0.29, 0.717) is 0 Å². The Bertz CT molecular complexity index is 1640. The Balaban J connectivity index is 1.83. The number of para-hydroxylation sites is 1. The van der Waals surface area contributed by atoms with Gasteiger partial charge in [-0.25, -0.2) is 0 Å². The van der Waals surface area contributed by atoms with Crippen LogP contribution in [0, 0.1) is 6.92 Å². The fraction of sp³-hybridized carbons (Fsp3) is 0.0385. The molecule has 138 valence electrons. The van der Waals surface area contributed by atoms with Gasteiger partial charge in [0.05, 0.1) is 15.9 Å². The van der Waals surface area contributed by atoms with Gasteiger partial charge in [0, 0.05) is 26.2 Å². The van der Waals surface area contributed by atoms with Crippen LogP contribution in [0.3, 0.4) is 0 Å². The molecule has 0 unspecified atom stereocenters. The lowest BCUT2D eigenvalue weighted by atomic mass is 10.1. The van der Waals surface area contributed by atoms with Gasteiger partial charge < -0.3 is 0 Å². The van der Waals surface area contributed by atoms with E-state index in [2.05, 4.69) is 49.4 Å². The Kier molecular flexibility index (Phi) is 3.44. The van der Waals surface area contributed by atoms with Crippen molar-refractivity contribution < 1.29 is 0 Å². The molecule has 0 aliphatic rings. The monoisotopic (exact) mass is 391 g/mol. The molecule has 0 aliphatic heterocycles. The standard InChI is InChI=1S/C26H17NOS/c1-16-13-14-24-21(15-16)19-10-6-12-23(25(19)29-24)27-22-11-5-4-8-18(22)17-7-2-3-9-20(17)26(27)28/h2-15H,1H3. The third kappa shape index (κ3) is 2.31. The van der Waals surface area contributed by atoms with E-state index in [0.717, 1.165) is 32.1 Å². The number of pyridine rings is 1. The normalized spacial score (nSPS) is 11.8. The van der Waals surface area contributed by atoms with Crippen molar-refractivity contribution in [3.05, 3.63) is 101 Å². The van der Waals surface area contributed by atoms with Crippen LogP contribution in [0.5, 0.6) is 0 Å². The number of hydrogen-bond acceptors (Lipinski definition) is 2. The Morgan fingerprint density at radius 3 is 2.28 bits per heavy atom. The highest BCUT2D eigenvalue weighted by molar-refractivity contribution is 7.26. The SMILES string of the molecule is Cc1ccc2sc3c(-n4c(=O)c5ccccc5c5ccccc54)cccc3c2c1. The largest absolute Gasteiger partial charge is 0.275 e. The Morgan fingerprint density at radius 2 is 1.41 bits per heavy atom. The number of nitrogens with zero attached hydrogens (tertiary/aromatic N) is 1. The van der Waals surface area contributed by atoms with Crippen LogP contribution in [0.2, 0.25) is 0 Å². The summed E-state index contributed by atoms with van der Waals surface area (Å²) in [4.78, 5) is 13.6. The maximum atomic E-state index is 13.6. The number of rotatable bonds is 1. The molecule has 2 aromatic heterocycles. The summed E-state index contributed by atoms with van der Waals surface area (Å²) in [6.45, 7) is 2.12. The van der Waals surface area contributed by atoms with Gasteiger partial charge in [-0.05, 0) is 42.6 Å². The first kappa shape index (κ1) is 16.5. The summed E-state index contributed by atoms with van der Waals surface area (Å²) in [5.41, 5.74) is 3.17. The average Bonchev–Trinajstić information content (AvgIpc) is 3.13. The predicted octanol–water partition coefficient (Wildman–Crippen LogP) is 6.82. The van der Waals surface area contributed by atoms with Crippen LogP contribution >= 0.6 is 11.3 Å². The zero-order chi connectivity index (χ0) is 19.5. The summed E-state index contributed by atoms with van der Waals surface area (Å²) in [6.07, 6.45) is 0. The summed E-state index contributed by atoms with van der Waals surface area (Å²) < 4.78 is 4.29. The molecule has 6 rings (SSSR count). The van der Waals surface area contributed by atoms with Gasteiger partial charge >= 0.3 is 0 Å². The predicted molar refractivity (Wildman–Crippen MR) is 125 cm³/mol. The Hall–Kier alpha value is -3.43. The summed E-state index contributed by atoms with van der Waals surface area (Å²) in [5.74, 6) is 0. The van der Waals surface area contributed by atoms with Crippen LogP contribution in [-0.2, 0) is 0 Å². The van der Waals surface area contributed by atoms with Crippen molar-refractivity contribution in [1.29, 1.82) is 0 Å². The number of thiophene rings is 1. The molecule has 0 atom stereocenters. The van der Waals surface area contributed by atoms with Crippen LogP contribution in [0.1, 0.15) is 5.56 Å².